The van der Waals surface area contributed by atoms with Gasteiger partial charge in [0, 0.05) is 21.5 Å². The number of nitrogens with zero attached hydrogens (tertiary/aromatic N) is 2. The van der Waals surface area contributed by atoms with Crippen molar-refractivity contribution in [1.29, 1.82) is 0 Å². The van der Waals surface area contributed by atoms with E-state index in [-0.39, 0.29) is 36.2 Å². The number of imide groups is 2. The number of allylic oxidation sites excluding steroid dienone is 2. The Hall–Kier alpha value is -4.92. The van der Waals surface area contributed by atoms with Crippen molar-refractivity contribution >= 4 is 58.2 Å². The van der Waals surface area contributed by atoms with Crippen LogP contribution in [-0.2, 0) is 24.6 Å². The first kappa shape index (κ1) is 32.3. The minimum atomic E-state index is -1.52. The summed E-state index contributed by atoms with van der Waals surface area (Å²) in [5.41, 5.74) is 1.74. The number of para-hydroxylation sites is 1. The molecule has 10 heteroatoms. The number of carbonyl (C=O) groups excluding carboxylic acids is 4. The fourth-order valence-corrected chi connectivity index (χ4v) is 9.36. The Kier molecular flexibility index (Phi) is 7.66. The molecule has 8 rings (SSSR count). The minimum absolute atomic E-state index is 0.131. The van der Waals surface area contributed by atoms with E-state index >= 15 is 4.79 Å². The van der Waals surface area contributed by atoms with Gasteiger partial charge in [-0.2, -0.15) is 0 Å². The van der Waals surface area contributed by atoms with Crippen LogP contribution in [0.2, 0.25) is 10.0 Å². The predicted octanol–water partition coefficient (Wildman–Crippen LogP) is 7.38. The van der Waals surface area contributed by atoms with Gasteiger partial charge in [0.1, 0.15) is 0 Å². The summed E-state index contributed by atoms with van der Waals surface area (Å²) in [6, 6.07) is 26.0. The number of hydrogen-bond donors (Lipinski definition) is 1. The second kappa shape index (κ2) is 11.9. The molecule has 3 fully saturated rings. The number of ether oxygens (including phenoxy) is 1. The zero-order valence-corrected chi connectivity index (χ0v) is 28.7. The van der Waals surface area contributed by atoms with E-state index < -0.39 is 46.8 Å². The number of halogens is 2. The third-order valence-corrected chi connectivity index (χ3v) is 11.8. The number of phenolic OH excluding ortho intramolecular Hbond substituents is 1. The van der Waals surface area contributed by atoms with Gasteiger partial charge in [-0.15, -0.1) is 0 Å². The quantitative estimate of drug-likeness (QED) is 0.172. The topological polar surface area (TPSA) is 104 Å². The highest BCUT2D eigenvalue weighted by Crippen LogP contribution is 2.65. The molecule has 4 amide bonds. The van der Waals surface area contributed by atoms with Gasteiger partial charge in [0.15, 0.2) is 11.5 Å². The van der Waals surface area contributed by atoms with Crippen molar-refractivity contribution in [2.24, 2.45) is 23.7 Å². The number of anilines is 2. The Labute approximate surface area is 298 Å². The van der Waals surface area contributed by atoms with Gasteiger partial charge in [-0.25, -0.2) is 9.80 Å². The first-order valence-electron chi connectivity index (χ1n) is 16.5. The standard InChI is InChI=1S/C40H32Cl2N2O6/c1-21-14-15-25(19-31(21)42)43-36(46)27-17-16-26-29(33(27)38(43)48)20-30-37(47)44(24-11-6-10-23(41)18-24)39(49)40(30,22-8-4-3-5-9-22)34(26)28-12-7-13-32(50-2)35(28)45/h3-16,18-19,27,29-30,33-34,45H,17,20H2,1-2H3. The maximum atomic E-state index is 15.3. The zero-order chi connectivity index (χ0) is 35.1. The van der Waals surface area contributed by atoms with Crippen LogP contribution in [0.5, 0.6) is 11.5 Å². The van der Waals surface area contributed by atoms with Crippen LogP contribution in [0.1, 0.15) is 35.4 Å². The number of benzene rings is 4. The Morgan fingerprint density at radius 2 is 1.54 bits per heavy atom. The third-order valence-electron chi connectivity index (χ3n) is 11.1. The molecule has 252 valence electrons. The molecule has 4 aromatic carbocycles. The van der Waals surface area contributed by atoms with Gasteiger partial charge in [0.2, 0.25) is 23.6 Å². The van der Waals surface area contributed by atoms with Crippen LogP contribution in [0.25, 0.3) is 0 Å². The fraction of sp³-hybridized carbons (Fsp3) is 0.250. The molecule has 0 spiro atoms. The lowest BCUT2D eigenvalue weighted by atomic mass is 9.49. The number of hydrogen-bond acceptors (Lipinski definition) is 6. The van der Waals surface area contributed by atoms with E-state index in [9.17, 15) is 19.5 Å². The Morgan fingerprint density at radius 1 is 0.800 bits per heavy atom. The van der Waals surface area contributed by atoms with Crippen molar-refractivity contribution in [3.63, 3.8) is 0 Å². The lowest BCUT2D eigenvalue weighted by Gasteiger charge is -2.50. The molecule has 1 N–H and O–H groups in total. The molecule has 0 bridgehead atoms. The molecule has 6 atom stereocenters. The number of carbonyl (C=O) groups is 4. The van der Waals surface area contributed by atoms with Gasteiger partial charge < -0.3 is 9.84 Å². The van der Waals surface area contributed by atoms with Crippen LogP contribution < -0.4 is 14.5 Å². The molecule has 4 aliphatic rings. The summed E-state index contributed by atoms with van der Waals surface area (Å²) in [6.45, 7) is 1.84. The van der Waals surface area contributed by atoms with E-state index in [2.05, 4.69) is 0 Å². The summed E-state index contributed by atoms with van der Waals surface area (Å²) < 4.78 is 5.53. The van der Waals surface area contributed by atoms with Crippen LogP contribution >= 0.6 is 23.2 Å². The summed E-state index contributed by atoms with van der Waals surface area (Å²) in [5, 5.41) is 12.6. The van der Waals surface area contributed by atoms with Crippen LogP contribution in [0.3, 0.4) is 0 Å². The lowest BCUT2D eigenvalue weighted by Crippen LogP contribution is -2.53. The molecule has 2 aliphatic heterocycles. The van der Waals surface area contributed by atoms with E-state index in [0.29, 0.717) is 32.5 Å². The monoisotopic (exact) mass is 706 g/mol. The van der Waals surface area contributed by atoms with Crippen molar-refractivity contribution in [1.82, 2.24) is 0 Å². The number of phenols is 1. The van der Waals surface area contributed by atoms with Crippen LogP contribution in [0.4, 0.5) is 11.4 Å². The average molecular weight is 708 g/mol. The number of aromatic hydroxyl groups is 1. The Bertz CT molecular complexity index is 2150. The van der Waals surface area contributed by atoms with Gasteiger partial charge in [0.25, 0.3) is 0 Å². The summed E-state index contributed by atoms with van der Waals surface area (Å²) in [6.07, 6.45) is 2.33. The van der Waals surface area contributed by atoms with E-state index in [4.69, 9.17) is 27.9 Å². The van der Waals surface area contributed by atoms with Crippen molar-refractivity contribution in [2.75, 3.05) is 16.9 Å². The predicted molar refractivity (Wildman–Crippen MR) is 189 cm³/mol. The molecule has 8 nitrogen and oxygen atoms in total. The maximum absolute atomic E-state index is 15.3. The zero-order valence-electron chi connectivity index (χ0n) is 27.2. The first-order valence-corrected chi connectivity index (χ1v) is 17.2. The van der Waals surface area contributed by atoms with Crippen molar-refractivity contribution in [3.8, 4) is 11.5 Å². The number of fused-ring (bicyclic) bond motifs is 4. The van der Waals surface area contributed by atoms with E-state index in [0.717, 1.165) is 11.1 Å². The molecule has 0 aromatic heterocycles. The molecular formula is C40H32Cl2N2O6. The molecule has 6 unspecified atom stereocenters. The largest absolute Gasteiger partial charge is 0.504 e. The Balaban J connectivity index is 1.36. The highest BCUT2D eigenvalue weighted by Gasteiger charge is 2.70. The average Bonchev–Trinajstić information content (AvgIpc) is 3.51. The molecule has 50 heavy (non-hydrogen) atoms. The van der Waals surface area contributed by atoms with Crippen LogP contribution in [-0.4, -0.2) is 35.8 Å². The number of methoxy groups -OCH3 is 1. The second-order valence-electron chi connectivity index (χ2n) is 13.4. The van der Waals surface area contributed by atoms with Gasteiger partial charge in [0.05, 0.1) is 41.7 Å². The highest BCUT2D eigenvalue weighted by atomic mass is 35.5. The normalized spacial score (nSPS) is 27.2. The van der Waals surface area contributed by atoms with Gasteiger partial charge in [-0.05, 0) is 73.2 Å². The molecule has 0 radical (unpaired) electrons. The highest BCUT2D eigenvalue weighted by molar-refractivity contribution is 6.33. The third kappa shape index (κ3) is 4.44. The number of aryl methyl sites for hydroxylation is 1. The SMILES string of the molecule is COc1cccc(C2C3=CCC4C(=O)N(c5ccc(C)c(Cl)c5)C(=O)C4C3CC3C(=O)N(c4cccc(Cl)c4)C(=O)C32c2ccccc2)c1O. The van der Waals surface area contributed by atoms with Crippen LogP contribution in [0, 0.1) is 30.6 Å². The number of amides is 4. The summed E-state index contributed by atoms with van der Waals surface area (Å²) in [5.74, 6) is -5.47. The van der Waals surface area contributed by atoms with Crippen LogP contribution in [0.15, 0.2) is 103 Å². The van der Waals surface area contributed by atoms with Crippen molar-refractivity contribution < 1.29 is 29.0 Å². The second-order valence-corrected chi connectivity index (χ2v) is 14.3. The Morgan fingerprint density at radius 3 is 2.26 bits per heavy atom. The van der Waals surface area contributed by atoms with E-state index in [1.165, 1.54) is 16.9 Å². The fourth-order valence-electron chi connectivity index (χ4n) is 9.00. The maximum Gasteiger partial charge on any atom is 0.246 e. The van der Waals surface area contributed by atoms with Gasteiger partial charge in [-0.1, -0.05) is 89.4 Å². The van der Waals surface area contributed by atoms with E-state index in [1.807, 2.05) is 43.3 Å². The molecule has 1 saturated carbocycles. The molecule has 4 aromatic rings. The van der Waals surface area contributed by atoms with Crippen molar-refractivity contribution in [3.05, 3.63) is 129 Å². The van der Waals surface area contributed by atoms with Gasteiger partial charge in [-0.3, -0.25) is 19.2 Å². The van der Waals surface area contributed by atoms with Gasteiger partial charge >= 0.3 is 0 Å². The first-order chi connectivity index (χ1) is 24.1. The number of rotatable bonds is 5. The van der Waals surface area contributed by atoms with E-state index in [1.54, 1.807) is 60.7 Å². The lowest BCUT2D eigenvalue weighted by molar-refractivity contribution is -0.127. The molecule has 2 saturated heterocycles. The molecule has 2 aliphatic carbocycles. The smallest absolute Gasteiger partial charge is 0.246 e. The summed E-state index contributed by atoms with van der Waals surface area (Å²) in [4.78, 5) is 61.2. The molecular weight excluding hydrogens is 675 g/mol. The van der Waals surface area contributed by atoms with Crippen molar-refractivity contribution in [2.45, 2.75) is 31.1 Å². The molecule has 2 heterocycles. The summed E-state index contributed by atoms with van der Waals surface area (Å²) >= 11 is 12.8. The summed E-state index contributed by atoms with van der Waals surface area (Å²) in [7, 11) is 1.45. The minimum Gasteiger partial charge on any atom is -0.504 e.